The maximum atomic E-state index is 12.6. The molecule has 318 valence electrons. The number of benzene rings is 1. The lowest BCUT2D eigenvalue weighted by Gasteiger charge is -2.12. The molecule has 0 atom stereocenters. The fourth-order valence-electron chi connectivity index (χ4n) is 3.84. The van der Waals surface area contributed by atoms with Crippen molar-refractivity contribution in [2.75, 3.05) is 38.1 Å². The SMILES string of the molecule is COc1cc(OC)nc(NC(=O)NS(=O)(=O)c2c(C(=O)O)c(Cl)nn2C)n1.Nc1c([N+](=O)[O-])cnn1-c1c(Cl)cc(C(F)(F)F)cc1Cl.O=C(O)CNCP(=O)(O)O. The fourth-order valence-corrected chi connectivity index (χ4v) is 6.46. The summed E-state index contributed by atoms with van der Waals surface area (Å²) in [6.45, 7) is -0.439. The maximum absolute atomic E-state index is 12.6. The third kappa shape index (κ3) is 13.5. The number of amides is 2. The number of carbonyl (C=O) groups is 3. The van der Waals surface area contributed by atoms with Crippen molar-refractivity contribution in [3.05, 3.63) is 60.8 Å². The highest BCUT2D eigenvalue weighted by atomic mass is 35.5. The summed E-state index contributed by atoms with van der Waals surface area (Å²) in [6.07, 6.45) is -4.38. The predicted molar refractivity (Wildman–Crippen MR) is 192 cm³/mol. The first-order valence-electron chi connectivity index (χ1n) is 14.4. The topological polar surface area (TPSA) is 368 Å². The van der Waals surface area contributed by atoms with E-state index in [0.717, 1.165) is 17.9 Å². The number of methoxy groups -OCH3 is 2. The second kappa shape index (κ2) is 19.7. The average Bonchev–Trinajstić information content (AvgIpc) is 3.61. The number of aryl methyl sites for hydroxylation is 1. The Morgan fingerprint density at radius 1 is 1.05 bits per heavy atom. The van der Waals surface area contributed by atoms with Gasteiger partial charge in [-0.25, -0.2) is 19.0 Å². The molecule has 0 spiro atoms. The summed E-state index contributed by atoms with van der Waals surface area (Å²) < 4.78 is 85.6. The Kier molecular flexibility index (Phi) is 16.5. The molecule has 33 heteroatoms. The van der Waals surface area contributed by atoms with Gasteiger partial charge in [0.15, 0.2) is 10.2 Å². The molecule has 0 bridgehead atoms. The molecule has 1 aromatic carbocycles. The second-order valence-corrected chi connectivity index (χ2v) is 14.7. The van der Waals surface area contributed by atoms with Gasteiger partial charge in [-0.3, -0.25) is 34.8 Å². The number of anilines is 2. The highest BCUT2D eigenvalue weighted by molar-refractivity contribution is 7.90. The van der Waals surface area contributed by atoms with Crippen LogP contribution in [0.1, 0.15) is 15.9 Å². The number of halogens is 6. The van der Waals surface area contributed by atoms with Gasteiger partial charge in [-0.2, -0.15) is 41.8 Å². The number of urea groups is 1. The number of hydrogen-bond acceptors (Lipinski definition) is 16. The van der Waals surface area contributed by atoms with Crippen LogP contribution in [-0.2, 0) is 32.6 Å². The number of alkyl halides is 3. The third-order valence-corrected chi connectivity index (χ3v) is 9.01. The Bertz CT molecular complexity index is 2320. The van der Waals surface area contributed by atoms with E-state index in [2.05, 4.69) is 30.8 Å². The summed E-state index contributed by atoms with van der Waals surface area (Å²) in [7, 11) is -4.95. The van der Waals surface area contributed by atoms with E-state index in [1.54, 1.807) is 4.72 Å². The lowest BCUT2D eigenvalue weighted by atomic mass is 10.2. The van der Waals surface area contributed by atoms with Crippen LogP contribution >= 0.6 is 42.4 Å². The lowest BCUT2D eigenvalue weighted by Crippen LogP contribution is -2.36. The van der Waals surface area contributed by atoms with E-state index < -0.39 is 92.3 Å². The monoisotopic (exact) mass is 929 g/mol. The van der Waals surface area contributed by atoms with E-state index in [1.165, 1.54) is 20.3 Å². The van der Waals surface area contributed by atoms with Crippen LogP contribution in [-0.4, -0.2) is 108 Å². The minimum atomic E-state index is -4.64. The number of aromatic nitrogens is 6. The number of rotatable bonds is 12. The van der Waals surface area contributed by atoms with E-state index in [4.69, 9.17) is 70.0 Å². The average molecular weight is 931 g/mol. The first-order chi connectivity index (χ1) is 26.6. The maximum Gasteiger partial charge on any atom is 0.416 e. The molecule has 2 amide bonds. The Morgan fingerprint density at radius 2 is 1.59 bits per heavy atom. The van der Waals surface area contributed by atoms with Crippen LogP contribution in [0.25, 0.3) is 5.69 Å². The van der Waals surface area contributed by atoms with Crippen molar-refractivity contribution in [2.45, 2.75) is 11.2 Å². The Labute approximate surface area is 336 Å². The van der Waals surface area contributed by atoms with Crippen molar-refractivity contribution >= 4 is 87.8 Å². The predicted octanol–water partition coefficient (Wildman–Crippen LogP) is 2.57. The fraction of sp³-hybridized carbons (Fsp3) is 0.240. The number of sulfonamides is 1. The van der Waals surface area contributed by atoms with Gasteiger partial charge in [-0.05, 0) is 12.1 Å². The highest BCUT2D eigenvalue weighted by Gasteiger charge is 2.34. The number of nitrogens with one attached hydrogen (secondary N) is 3. The van der Waals surface area contributed by atoms with Crippen molar-refractivity contribution in [3.8, 4) is 17.4 Å². The largest absolute Gasteiger partial charge is 0.481 e. The van der Waals surface area contributed by atoms with Crippen LogP contribution in [0.4, 0.5) is 35.4 Å². The summed E-state index contributed by atoms with van der Waals surface area (Å²) in [4.78, 5) is 66.9. The molecule has 0 saturated carbocycles. The van der Waals surface area contributed by atoms with Crippen LogP contribution in [0.3, 0.4) is 0 Å². The molecule has 3 aromatic heterocycles. The van der Waals surface area contributed by atoms with Crippen molar-refractivity contribution < 1.29 is 74.9 Å². The summed E-state index contributed by atoms with van der Waals surface area (Å²) in [5.41, 5.74) is 3.00. The molecule has 4 rings (SSSR count). The number of hydrogen-bond donors (Lipinski definition) is 8. The molecule has 0 aliphatic rings. The molecule has 0 radical (unpaired) electrons. The van der Waals surface area contributed by atoms with Crippen molar-refractivity contribution in [2.24, 2.45) is 7.05 Å². The first-order valence-corrected chi connectivity index (χ1v) is 18.8. The van der Waals surface area contributed by atoms with Crippen LogP contribution in [0.5, 0.6) is 11.8 Å². The van der Waals surface area contributed by atoms with E-state index in [9.17, 15) is 50.7 Å². The van der Waals surface area contributed by atoms with Gasteiger partial charge in [0.1, 0.15) is 17.4 Å². The Balaban J connectivity index is 0.000000331. The Hall–Kier alpha value is -5.55. The van der Waals surface area contributed by atoms with Crippen LogP contribution < -0.4 is 30.6 Å². The Morgan fingerprint density at radius 3 is 2.00 bits per heavy atom. The molecule has 0 fully saturated rings. The number of nitrogens with zero attached hydrogens (tertiary/aromatic N) is 7. The van der Waals surface area contributed by atoms with Crippen molar-refractivity contribution in [3.63, 3.8) is 0 Å². The van der Waals surface area contributed by atoms with E-state index in [-0.39, 0.29) is 33.4 Å². The summed E-state index contributed by atoms with van der Waals surface area (Å²) in [5.74, 6) is -3.40. The number of aromatic carboxylic acids is 1. The normalized spacial score (nSPS) is 11.3. The van der Waals surface area contributed by atoms with Crippen LogP contribution in [0.15, 0.2) is 29.4 Å². The number of nitro groups is 1. The van der Waals surface area contributed by atoms with Gasteiger partial charge in [0.25, 0.3) is 10.0 Å². The molecule has 0 aliphatic heterocycles. The summed E-state index contributed by atoms with van der Waals surface area (Å²) in [6, 6.07) is 1.33. The molecule has 0 saturated heterocycles. The lowest BCUT2D eigenvalue weighted by molar-refractivity contribution is -0.383. The van der Waals surface area contributed by atoms with Crippen molar-refractivity contribution in [1.29, 1.82) is 0 Å². The zero-order valence-electron chi connectivity index (χ0n) is 28.9. The van der Waals surface area contributed by atoms with E-state index in [0.29, 0.717) is 16.8 Å². The number of carbonyl (C=O) groups excluding carboxylic acids is 1. The van der Waals surface area contributed by atoms with Crippen LogP contribution in [0.2, 0.25) is 15.2 Å². The zero-order chi connectivity index (χ0) is 44.5. The number of ether oxygens (including phenoxy) is 2. The molecule has 58 heavy (non-hydrogen) atoms. The molecule has 3 heterocycles. The van der Waals surface area contributed by atoms with Gasteiger partial charge < -0.3 is 35.2 Å². The molecule has 0 aliphatic carbocycles. The number of nitrogen functional groups attached to an aromatic ring is 1. The number of aliphatic carboxylic acids is 1. The molecule has 0 unspecified atom stereocenters. The first kappa shape index (κ1) is 48.6. The number of carboxylic acids is 2. The minimum absolute atomic E-state index is 0.0478. The second-order valence-electron chi connectivity index (χ2n) is 10.2. The number of nitrogens with two attached hydrogens (primary N) is 1. The highest BCUT2D eigenvalue weighted by Crippen LogP contribution is 2.39. The van der Waals surface area contributed by atoms with Gasteiger partial charge >= 0.3 is 37.4 Å². The molecular formula is C25H26Cl3F3N11O14PS. The van der Waals surface area contributed by atoms with E-state index >= 15 is 0 Å². The van der Waals surface area contributed by atoms with Gasteiger partial charge in [0, 0.05) is 7.05 Å². The van der Waals surface area contributed by atoms with Crippen LogP contribution in [0, 0.1) is 10.1 Å². The third-order valence-electron chi connectivity index (χ3n) is 6.10. The molecule has 9 N–H and O–H groups in total. The standard InChI is InChI=1S/C12H13ClN6O7S.C10H5Cl2F3N4O2.C3H8NO5P/c1-19-9(7(10(20)21)8(13)17-19)27(23,24)18-12(22)16-11-14-5(25-2)4-6(15-11)26-3;11-5-1-4(10(13,14)15)2-6(12)8(5)18-9(16)7(3-17-18)19(20)21;5-3(6)1-4-2-10(7,8)9/h4H,1-3H3,(H,20,21)(H2,14,15,16,18,22);1-3H,16H2;4H,1-2H2,(H,5,6)(H2,7,8,9). The molecule has 25 nitrogen and oxygen atoms in total. The zero-order valence-corrected chi connectivity index (χ0v) is 32.9. The van der Waals surface area contributed by atoms with Gasteiger partial charge in [0.05, 0.1) is 53.6 Å². The summed E-state index contributed by atoms with van der Waals surface area (Å²) in [5, 5.41) is 37.0. The molecule has 4 aromatic rings. The quantitative estimate of drug-likeness (QED) is 0.0575. The molecular weight excluding hydrogens is 905 g/mol. The van der Waals surface area contributed by atoms with Crippen molar-refractivity contribution in [1.82, 2.24) is 39.6 Å². The smallest absolute Gasteiger partial charge is 0.416 e. The summed E-state index contributed by atoms with van der Waals surface area (Å²) >= 11 is 17.2. The minimum Gasteiger partial charge on any atom is -0.481 e. The van der Waals surface area contributed by atoms with Gasteiger partial charge in [-0.15, -0.1) is 0 Å². The van der Waals surface area contributed by atoms with Gasteiger partial charge in [0.2, 0.25) is 23.5 Å². The van der Waals surface area contributed by atoms with E-state index in [1.807, 2.05) is 0 Å². The van der Waals surface area contributed by atoms with Gasteiger partial charge in [-0.1, -0.05) is 34.8 Å². The number of carboxylic acid groups (broad SMARTS) is 2.